The zero-order valence-corrected chi connectivity index (χ0v) is 17.7. The van der Waals surface area contributed by atoms with Gasteiger partial charge in [0, 0.05) is 54.8 Å². The predicted octanol–water partition coefficient (Wildman–Crippen LogP) is 4.43. The fraction of sp³-hybridized carbons (Fsp3) is 0.292. The monoisotopic (exact) mass is 435 g/mol. The number of nitrogens with zero attached hydrogens (tertiary/aromatic N) is 4. The minimum atomic E-state index is -2.82. The molecule has 1 saturated heterocycles. The smallest absolute Gasteiger partial charge is 0.265 e. The second-order valence-corrected chi connectivity index (χ2v) is 8.40. The molecule has 1 fully saturated rings. The van der Waals surface area contributed by atoms with Gasteiger partial charge in [-0.3, -0.25) is 14.6 Å². The molecule has 5 rings (SSSR count). The van der Waals surface area contributed by atoms with Crippen LogP contribution in [0.25, 0.3) is 22.0 Å². The van der Waals surface area contributed by atoms with Crippen molar-refractivity contribution < 1.29 is 13.6 Å². The fourth-order valence-corrected chi connectivity index (χ4v) is 4.24. The van der Waals surface area contributed by atoms with E-state index < -0.39 is 12.5 Å². The van der Waals surface area contributed by atoms with Gasteiger partial charge in [0.1, 0.15) is 0 Å². The molecule has 32 heavy (non-hydrogen) atoms. The maximum atomic E-state index is 13.8. The third-order valence-corrected chi connectivity index (χ3v) is 5.93. The van der Waals surface area contributed by atoms with E-state index in [1.165, 1.54) is 4.90 Å². The van der Waals surface area contributed by atoms with Gasteiger partial charge in [0.25, 0.3) is 11.8 Å². The number of aromatic amines is 1. The average molecular weight is 435 g/mol. The molecular weight excluding hydrogens is 412 g/mol. The van der Waals surface area contributed by atoms with Gasteiger partial charge < -0.3 is 4.90 Å². The van der Waals surface area contributed by atoms with Gasteiger partial charge in [0.15, 0.2) is 0 Å². The Morgan fingerprint density at radius 3 is 2.69 bits per heavy atom. The number of rotatable bonds is 4. The number of halogens is 2. The second-order valence-electron chi connectivity index (χ2n) is 8.40. The number of fused-ring (bicyclic) bond motifs is 1. The van der Waals surface area contributed by atoms with Gasteiger partial charge in [-0.15, -0.1) is 0 Å². The van der Waals surface area contributed by atoms with Crippen LogP contribution < -0.4 is 0 Å². The Morgan fingerprint density at radius 2 is 1.97 bits per heavy atom. The molecule has 1 aliphatic rings. The Hall–Kier alpha value is -3.55. The first-order valence-corrected chi connectivity index (χ1v) is 10.6. The van der Waals surface area contributed by atoms with Crippen molar-refractivity contribution in [3.63, 3.8) is 0 Å². The Balaban J connectivity index is 1.37. The largest absolute Gasteiger partial charge is 0.333 e. The number of likely N-dealkylation sites (tertiary alicyclic amines) is 1. The number of nitrogens with one attached hydrogen (secondary N) is 1. The van der Waals surface area contributed by atoms with Crippen LogP contribution in [0.3, 0.4) is 0 Å². The Bertz CT molecular complexity index is 1280. The van der Waals surface area contributed by atoms with E-state index >= 15 is 0 Å². The predicted molar refractivity (Wildman–Crippen MR) is 118 cm³/mol. The van der Waals surface area contributed by atoms with Crippen molar-refractivity contribution in [3.8, 4) is 11.1 Å². The second kappa shape index (κ2) is 7.85. The van der Waals surface area contributed by atoms with Crippen molar-refractivity contribution in [1.29, 1.82) is 0 Å². The summed E-state index contributed by atoms with van der Waals surface area (Å²) in [7, 11) is 1.89. The summed E-state index contributed by atoms with van der Waals surface area (Å²) in [6.45, 7) is -0.167. The minimum absolute atomic E-state index is 0.165. The van der Waals surface area contributed by atoms with Gasteiger partial charge in [0.05, 0.1) is 18.3 Å². The van der Waals surface area contributed by atoms with Gasteiger partial charge in [-0.1, -0.05) is 24.3 Å². The minimum Gasteiger partial charge on any atom is -0.333 e. The lowest BCUT2D eigenvalue weighted by molar-refractivity contribution is -0.0560. The third-order valence-electron chi connectivity index (χ3n) is 5.93. The molecule has 164 valence electrons. The Kier molecular flexibility index (Phi) is 5.00. The third kappa shape index (κ3) is 4.00. The summed E-state index contributed by atoms with van der Waals surface area (Å²) in [5.41, 5.74) is 5.26. The molecule has 6 nitrogen and oxygen atoms in total. The van der Waals surface area contributed by atoms with Crippen LogP contribution in [0.2, 0.25) is 0 Å². The van der Waals surface area contributed by atoms with E-state index in [2.05, 4.69) is 39.6 Å². The number of alkyl halides is 2. The first kappa shape index (κ1) is 20.4. The molecule has 0 aliphatic carbocycles. The van der Waals surface area contributed by atoms with Crippen LogP contribution in [-0.2, 0) is 13.5 Å². The van der Waals surface area contributed by atoms with E-state index in [9.17, 15) is 13.6 Å². The number of amides is 1. The molecule has 0 atom stereocenters. The number of aromatic nitrogens is 4. The molecule has 0 saturated carbocycles. The molecule has 8 heteroatoms. The van der Waals surface area contributed by atoms with Crippen molar-refractivity contribution in [1.82, 2.24) is 24.9 Å². The number of H-pyrrole nitrogens is 1. The van der Waals surface area contributed by atoms with Crippen molar-refractivity contribution in [3.05, 3.63) is 71.7 Å². The number of hydrogen-bond acceptors (Lipinski definition) is 3. The van der Waals surface area contributed by atoms with Crippen molar-refractivity contribution in [2.75, 3.05) is 13.1 Å². The van der Waals surface area contributed by atoms with Gasteiger partial charge in [0.2, 0.25) is 0 Å². The molecule has 1 aliphatic heterocycles. The molecule has 2 aromatic carbocycles. The molecule has 0 unspecified atom stereocenters. The SMILES string of the molecule is Cn1cc(-c2ccc(Cc3[nH]nc4ccc(C(=O)N5CCCC(F)(F)C5)cc34)cc2)cn1. The normalized spacial score (nSPS) is 15.9. The van der Waals surface area contributed by atoms with E-state index in [0.29, 0.717) is 24.9 Å². The highest BCUT2D eigenvalue weighted by molar-refractivity contribution is 5.98. The summed E-state index contributed by atoms with van der Waals surface area (Å²) < 4.78 is 29.3. The summed E-state index contributed by atoms with van der Waals surface area (Å²) in [5, 5.41) is 12.4. The van der Waals surface area contributed by atoms with Crippen LogP contribution in [0.5, 0.6) is 0 Å². The lowest BCUT2D eigenvalue weighted by Crippen LogP contribution is -2.45. The number of aryl methyl sites for hydroxylation is 1. The lowest BCUT2D eigenvalue weighted by atomic mass is 10.0. The molecule has 0 radical (unpaired) electrons. The van der Waals surface area contributed by atoms with E-state index in [4.69, 9.17) is 0 Å². The highest BCUT2D eigenvalue weighted by atomic mass is 19.3. The van der Waals surface area contributed by atoms with Gasteiger partial charge in [-0.05, 0) is 35.7 Å². The molecule has 2 aromatic heterocycles. The first-order chi connectivity index (χ1) is 15.4. The maximum Gasteiger partial charge on any atom is 0.265 e. The summed E-state index contributed by atoms with van der Waals surface area (Å²) in [4.78, 5) is 14.1. The van der Waals surface area contributed by atoms with Crippen LogP contribution in [0.15, 0.2) is 54.9 Å². The summed E-state index contributed by atoms with van der Waals surface area (Å²) in [6.07, 6.45) is 4.56. The fourth-order valence-electron chi connectivity index (χ4n) is 4.24. The average Bonchev–Trinajstić information content (AvgIpc) is 3.39. The van der Waals surface area contributed by atoms with Crippen LogP contribution in [0.1, 0.15) is 34.5 Å². The van der Waals surface area contributed by atoms with Crippen molar-refractivity contribution >= 4 is 16.8 Å². The van der Waals surface area contributed by atoms with E-state index in [1.54, 1.807) is 22.9 Å². The Morgan fingerprint density at radius 1 is 1.16 bits per heavy atom. The summed E-state index contributed by atoms with van der Waals surface area (Å²) >= 11 is 0. The molecule has 1 N–H and O–H groups in total. The van der Waals surface area contributed by atoms with Crippen molar-refractivity contribution in [2.24, 2.45) is 7.05 Å². The molecule has 0 spiro atoms. The number of hydrogen-bond donors (Lipinski definition) is 1. The van der Waals surface area contributed by atoms with Crippen LogP contribution >= 0.6 is 0 Å². The van der Waals surface area contributed by atoms with Crippen LogP contribution in [0, 0.1) is 0 Å². The standard InChI is InChI=1S/C24H23F2N5O/c1-30-14-19(13-27-30)17-5-3-16(4-6-17)11-22-20-12-18(7-8-21(20)28-29-22)23(32)31-10-2-9-24(25,26)15-31/h3-8,12-14H,2,9-11,15H2,1H3,(H,28,29). The number of carbonyl (C=O) groups excluding carboxylic acids is 1. The van der Waals surface area contributed by atoms with Crippen LogP contribution in [-0.4, -0.2) is 49.8 Å². The van der Waals surface area contributed by atoms with Gasteiger partial charge in [-0.25, -0.2) is 8.78 Å². The Labute approximate surface area is 183 Å². The molecular formula is C24H23F2N5O. The molecule has 0 bridgehead atoms. The quantitative estimate of drug-likeness (QED) is 0.516. The van der Waals surface area contributed by atoms with Crippen LogP contribution in [0.4, 0.5) is 8.78 Å². The van der Waals surface area contributed by atoms with E-state index in [1.807, 2.05) is 19.4 Å². The summed E-state index contributed by atoms with van der Waals surface area (Å²) in [5.74, 6) is -3.18. The molecule has 3 heterocycles. The number of carbonyl (C=O) groups is 1. The van der Waals surface area contributed by atoms with E-state index in [-0.39, 0.29) is 12.3 Å². The zero-order chi connectivity index (χ0) is 22.3. The summed E-state index contributed by atoms with van der Waals surface area (Å²) in [6, 6.07) is 13.4. The van der Waals surface area contributed by atoms with E-state index in [0.717, 1.165) is 33.3 Å². The van der Waals surface area contributed by atoms with Gasteiger partial charge in [-0.2, -0.15) is 10.2 Å². The maximum absolute atomic E-state index is 13.8. The van der Waals surface area contributed by atoms with Gasteiger partial charge >= 0.3 is 0 Å². The van der Waals surface area contributed by atoms with Crippen molar-refractivity contribution in [2.45, 2.75) is 25.2 Å². The molecule has 1 amide bonds. The zero-order valence-electron chi connectivity index (χ0n) is 17.7. The topological polar surface area (TPSA) is 66.8 Å². The lowest BCUT2D eigenvalue weighted by Gasteiger charge is -2.32. The number of benzene rings is 2. The highest BCUT2D eigenvalue weighted by Crippen LogP contribution is 2.28. The number of piperidine rings is 1. The highest BCUT2D eigenvalue weighted by Gasteiger charge is 2.37. The first-order valence-electron chi connectivity index (χ1n) is 10.6. The molecule has 4 aromatic rings.